The smallest absolute Gasteiger partial charge is 0.0590 e. The van der Waals surface area contributed by atoms with Gasteiger partial charge in [-0.2, -0.15) is 0 Å². The molecule has 0 aliphatic carbocycles. The number of hydrogen-bond donors (Lipinski definition) is 0. The lowest BCUT2D eigenvalue weighted by molar-refractivity contribution is 0.245. The standard InChI is InChI=1S/C16H24Cl2/c1-10-8-14(17)11(2)7-13(10)15(18)9-12(3)16(4,5)6/h7-8,12,15H,9H2,1-6H3. The molecule has 0 N–H and O–H groups in total. The lowest BCUT2D eigenvalue weighted by atomic mass is 9.78. The second kappa shape index (κ2) is 5.84. The lowest BCUT2D eigenvalue weighted by Crippen LogP contribution is -2.18. The molecular weight excluding hydrogens is 263 g/mol. The van der Waals surface area contributed by atoms with Crippen LogP contribution in [0.2, 0.25) is 5.02 Å². The average Bonchev–Trinajstić information content (AvgIpc) is 2.21. The van der Waals surface area contributed by atoms with Gasteiger partial charge >= 0.3 is 0 Å². The molecule has 0 aromatic heterocycles. The second-order valence-corrected chi connectivity index (χ2v) is 7.36. The summed E-state index contributed by atoms with van der Waals surface area (Å²) in [5.74, 6) is 0.579. The Labute approximate surface area is 122 Å². The maximum Gasteiger partial charge on any atom is 0.0590 e. The molecule has 0 saturated heterocycles. The van der Waals surface area contributed by atoms with Crippen molar-refractivity contribution >= 4 is 23.2 Å². The molecule has 0 amide bonds. The summed E-state index contributed by atoms with van der Waals surface area (Å²) < 4.78 is 0. The number of aryl methyl sites for hydroxylation is 2. The molecule has 0 aliphatic heterocycles. The summed E-state index contributed by atoms with van der Waals surface area (Å²) in [7, 11) is 0. The highest BCUT2D eigenvalue weighted by Crippen LogP contribution is 2.38. The van der Waals surface area contributed by atoms with Crippen molar-refractivity contribution in [3.05, 3.63) is 33.8 Å². The van der Waals surface area contributed by atoms with Gasteiger partial charge in [0.05, 0.1) is 5.38 Å². The van der Waals surface area contributed by atoms with Crippen molar-refractivity contribution < 1.29 is 0 Å². The van der Waals surface area contributed by atoms with E-state index in [0.29, 0.717) is 11.3 Å². The predicted octanol–water partition coefficient (Wildman–Crippen LogP) is 6.31. The summed E-state index contributed by atoms with van der Waals surface area (Å²) in [6.45, 7) is 13.2. The molecule has 0 fully saturated rings. The third kappa shape index (κ3) is 3.90. The molecule has 0 saturated carbocycles. The summed E-state index contributed by atoms with van der Waals surface area (Å²) in [6, 6.07) is 4.15. The molecule has 0 spiro atoms. The van der Waals surface area contributed by atoms with E-state index in [2.05, 4.69) is 40.7 Å². The minimum absolute atomic E-state index is 0.0650. The Bertz CT molecular complexity index is 416. The molecule has 2 atom stereocenters. The van der Waals surface area contributed by atoms with E-state index in [1.165, 1.54) is 11.1 Å². The van der Waals surface area contributed by atoms with Crippen molar-refractivity contribution in [3.8, 4) is 0 Å². The fraction of sp³-hybridized carbons (Fsp3) is 0.625. The first-order chi connectivity index (χ1) is 8.12. The number of halogens is 2. The Morgan fingerprint density at radius 2 is 1.67 bits per heavy atom. The molecule has 0 nitrogen and oxygen atoms in total. The van der Waals surface area contributed by atoms with E-state index in [9.17, 15) is 0 Å². The minimum Gasteiger partial charge on any atom is -0.118 e. The Balaban J connectivity index is 2.91. The summed E-state index contributed by atoms with van der Waals surface area (Å²) in [5, 5.41) is 0.888. The Morgan fingerprint density at radius 1 is 1.11 bits per heavy atom. The maximum absolute atomic E-state index is 6.59. The van der Waals surface area contributed by atoms with E-state index in [0.717, 1.165) is 17.0 Å². The first-order valence-corrected chi connectivity index (χ1v) is 7.35. The van der Waals surface area contributed by atoms with Crippen LogP contribution in [0.3, 0.4) is 0 Å². The Hall–Kier alpha value is -0.200. The molecule has 0 aliphatic rings. The van der Waals surface area contributed by atoms with Crippen LogP contribution in [0, 0.1) is 25.2 Å². The van der Waals surface area contributed by atoms with E-state index >= 15 is 0 Å². The van der Waals surface area contributed by atoms with Gasteiger partial charge in [-0.25, -0.2) is 0 Å². The summed E-state index contributed by atoms with van der Waals surface area (Å²) in [5.41, 5.74) is 3.80. The van der Waals surface area contributed by atoms with Gasteiger partial charge in [0, 0.05) is 5.02 Å². The van der Waals surface area contributed by atoms with Crippen LogP contribution in [-0.2, 0) is 0 Å². The van der Waals surface area contributed by atoms with Crippen LogP contribution >= 0.6 is 23.2 Å². The van der Waals surface area contributed by atoms with Gasteiger partial charge in [0.15, 0.2) is 0 Å². The zero-order valence-electron chi connectivity index (χ0n) is 12.3. The van der Waals surface area contributed by atoms with Crippen LogP contribution in [0.25, 0.3) is 0 Å². The third-order valence-corrected chi connectivity index (χ3v) is 4.74. The minimum atomic E-state index is 0.0650. The topological polar surface area (TPSA) is 0 Å². The quantitative estimate of drug-likeness (QED) is 0.571. The first kappa shape index (κ1) is 15.9. The zero-order valence-corrected chi connectivity index (χ0v) is 13.8. The highest BCUT2D eigenvalue weighted by molar-refractivity contribution is 6.31. The van der Waals surface area contributed by atoms with Crippen LogP contribution in [0.15, 0.2) is 12.1 Å². The molecule has 0 radical (unpaired) electrons. The van der Waals surface area contributed by atoms with Crippen LogP contribution in [0.5, 0.6) is 0 Å². The van der Waals surface area contributed by atoms with E-state index in [4.69, 9.17) is 23.2 Å². The molecule has 2 unspecified atom stereocenters. The predicted molar refractivity (Wildman–Crippen MR) is 82.8 cm³/mol. The van der Waals surface area contributed by atoms with Crippen molar-refractivity contribution in [1.29, 1.82) is 0 Å². The van der Waals surface area contributed by atoms with Crippen LogP contribution in [0.1, 0.15) is 56.2 Å². The van der Waals surface area contributed by atoms with Gasteiger partial charge in [0.1, 0.15) is 0 Å². The molecule has 0 heterocycles. The average molecular weight is 287 g/mol. The second-order valence-electron chi connectivity index (χ2n) is 6.43. The van der Waals surface area contributed by atoms with E-state index in [1.54, 1.807) is 0 Å². The Kier molecular flexibility index (Phi) is 5.14. The van der Waals surface area contributed by atoms with Crippen LogP contribution < -0.4 is 0 Å². The number of rotatable bonds is 3. The molecule has 102 valence electrons. The van der Waals surface area contributed by atoms with Gasteiger partial charge in [-0.05, 0) is 54.4 Å². The first-order valence-electron chi connectivity index (χ1n) is 6.53. The van der Waals surface area contributed by atoms with Crippen LogP contribution in [-0.4, -0.2) is 0 Å². The normalized spacial score (nSPS) is 15.6. The highest BCUT2D eigenvalue weighted by atomic mass is 35.5. The summed E-state index contributed by atoms with van der Waals surface area (Å²) in [4.78, 5) is 0. The lowest BCUT2D eigenvalue weighted by Gasteiger charge is -2.29. The molecule has 2 heteroatoms. The largest absolute Gasteiger partial charge is 0.118 e. The van der Waals surface area contributed by atoms with E-state index < -0.39 is 0 Å². The number of alkyl halides is 1. The SMILES string of the molecule is Cc1cc(C(Cl)CC(C)C(C)(C)C)c(C)cc1Cl. The molecule has 1 rings (SSSR count). The molecule has 1 aromatic rings. The fourth-order valence-corrected chi connectivity index (χ4v) is 2.65. The van der Waals surface area contributed by atoms with E-state index in [-0.39, 0.29) is 5.38 Å². The summed E-state index contributed by atoms with van der Waals surface area (Å²) in [6.07, 6.45) is 0.993. The molecular formula is C16H24Cl2. The van der Waals surface area contributed by atoms with Crippen molar-refractivity contribution in [2.75, 3.05) is 0 Å². The van der Waals surface area contributed by atoms with Crippen molar-refractivity contribution in [2.24, 2.45) is 11.3 Å². The molecule has 0 bridgehead atoms. The van der Waals surface area contributed by atoms with Gasteiger partial charge in [-0.15, -0.1) is 11.6 Å². The van der Waals surface area contributed by atoms with Crippen LogP contribution in [0.4, 0.5) is 0 Å². The number of hydrogen-bond acceptors (Lipinski definition) is 0. The molecule has 1 aromatic carbocycles. The third-order valence-electron chi connectivity index (χ3n) is 3.92. The van der Waals surface area contributed by atoms with Crippen molar-refractivity contribution in [1.82, 2.24) is 0 Å². The number of benzene rings is 1. The van der Waals surface area contributed by atoms with E-state index in [1.807, 2.05) is 13.0 Å². The molecule has 18 heavy (non-hydrogen) atoms. The zero-order chi connectivity index (χ0) is 14.1. The Morgan fingerprint density at radius 3 is 2.17 bits per heavy atom. The van der Waals surface area contributed by atoms with Crippen molar-refractivity contribution in [2.45, 2.75) is 53.3 Å². The van der Waals surface area contributed by atoms with Crippen molar-refractivity contribution in [3.63, 3.8) is 0 Å². The van der Waals surface area contributed by atoms with Gasteiger partial charge in [-0.1, -0.05) is 45.4 Å². The highest BCUT2D eigenvalue weighted by Gasteiger charge is 2.24. The van der Waals surface area contributed by atoms with Gasteiger partial charge in [-0.3, -0.25) is 0 Å². The van der Waals surface area contributed by atoms with Gasteiger partial charge in [0.2, 0.25) is 0 Å². The summed E-state index contributed by atoms with van der Waals surface area (Å²) >= 11 is 12.7. The van der Waals surface area contributed by atoms with Gasteiger partial charge in [0.25, 0.3) is 0 Å². The maximum atomic E-state index is 6.59. The monoisotopic (exact) mass is 286 g/mol. The van der Waals surface area contributed by atoms with Gasteiger partial charge < -0.3 is 0 Å². The fourth-order valence-electron chi connectivity index (χ4n) is 1.93.